The van der Waals surface area contributed by atoms with E-state index in [2.05, 4.69) is 5.32 Å². The van der Waals surface area contributed by atoms with Gasteiger partial charge in [-0.1, -0.05) is 0 Å². The van der Waals surface area contributed by atoms with Crippen molar-refractivity contribution in [3.05, 3.63) is 0 Å². The molecule has 0 spiro atoms. The van der Waals surface area contributed by atoms with Gasteiger partial charge in [-0.3, -0.25) is 4.79 Å². The van der Waals surface area contributed by atoms with Crippen molar-refractivity contribution in [3.8, 4) is 0 Å². The lowest BCUT2D eigenvalue weighted by atomic mass is 10.1. The number of carbonyl (C=O) groups is 1. The van der Waals surface area contributed by atoms with Crippen molar-refractivity contribution < 1.29 is 9.18 Å². The molecule has 0 radical (unpaired) electrons. The van der Waals surface area contributed by atoms with Crippen LogP contribution in [0.25, 0.3) is 0 Å². The smallest absolute Gasteiger partial charge is 0.239 e. The SMILES string of the molecule is CC1(F)CCN(C(=O)C2CCCN2)C1.Cl. The Morgan fingerprint density at radius 1 is 1.60 bits per heavy atom. The minimum absolute atomic E-state index is 0. The maximum absolute atomic E-state index is 13.5. The van der Waals surface area contributed by atoms with Gasteiger partial charge in [0.15, 0.2) is 0 Å². The molecular weight excluding hydrogens is 219 g/mol. The van der Waals surface area contributed by atoms with E-state index >= 15 is 0 Å². The van der Waals surface area contributed by atoms with Crippen LogP contribution in [0.5, 0.6) is 0 Å². The maximum atomic E-state index is 13.5. The molecule has 2 saturated heterocycles. The Bertz CT molecular complexity index is 242. The summed E-state index contributed by atoms with van der Waals surface area (Å²) in [5.74, 6) is 0.0869. The summed E-state index contributed by atoms with van der Waals surface area (Å²) in [5.41, 5.74) is -1.17. The Kier molecular flexibility index (Phi) is 3.95. The molecule has 2 heterocycles. The second kappa shape index (κ2) is 4.66. The number of rotatable bonds is 1. The fraction of sp³-hybridized carbons (Fsp3) is 0.900. The van der Waals surface area contributed by atoms with Gasteiger partial charge in [0.2, 0.25) is 5.91 Å². The second-order valence-corrected chi connectivity index (χ2v) is 4.57. The molecule has 2 aliphatic rings. The lowest BCUT2D eigenvalue weighted by Gasteiger charge is -2.21. The number of halogens is 2. The van der Waals surface area contributed by atoms with Crippen LogP contribution in [0.1, 0.15) is 26.2 Å². The van der Waals surface area contributed by atoms with Crippen LogP contribution in [0, 0.1) is 0 Å². The van der Waals surface area contributed by atoms with E-state index in [1.54, 1.807) is 11.8 Å². The Hall–Kier alpha value is -0.350. The van der Waals surface area contributed by atoms with E-state index in [9.17, 15) is 9.18 Å². The highest BCUT2D eigenvalue weighted by Crippen LogP contribution is 2.25. The Morgan fingerprint density at radius 3 is 2.80 bits per heavy atom. The molecule has 15 heavy (non-hydrogen) atoms. The normalized spacial score (nSPS) is 35.3. The molecule has 1 amide bonds. The Balaban J connectivity index is 0.00000112. The summed E-state index contributed by atoms with van der Waals surface area (Å²) in [4.78, 5) is 13.5. The van der Waals surface area contributed by atoms with Crippen LogP contribution in [0.2, 0.25) is 0 Å². The summed E-state index contributed by atoms with van der Waals surface area (Å²) in [6.45, 7) is 3.33. The molecule has 2 atom stereocenters. The van der Waals surface area contributed by atoms with E-state index in [0.717, 1.165) is 19.4 Å². The van der Waals surface area contributed by atoms with Gasteiger partial charge in [0.1, 0.15) is 5.67 Å². The van der Waals surface area contributed by atoms with Crippen LogP contribution in [-0.4, -0.2) is 42.2 Å². The average molecular weight is 237 g/mol. The van der Waals surface area contributed by atoms with Gasteiger partial charge in [0, 0.05) is 13.0 Å². The largest absolute Gasteiger partial charge is 0.338 e. The average Bonchev–Trinajstić information content (AvgIpc) is 2.72. The van der Waals surface area contributed by atoms with Gasteiger partial charge in [-0.05, 0) is 26.3 Å². The predicted molar refractivity (Wildman–Crippen MR) is 59.0 cm³/mol. The molecule has 0 aromatic carbocycles. The fourth-order valence-electron chi connectivity index (χ4n) is 2.23. The van der Waals surface area contributed by atoms with E-state index in [-0.39, 0.29) is 30.9 Å². The van der Waals surface area contributed by atoms with Crippen molar-refractivity contribution in [3.63, 3.8) is 0 Å². The summed E-state index contributed by atoms with van der Waals surface area (Å²) in [7, 11) is 0. The predicted octanol–water partition coefficient (Wildman–Crippen LogP) is 1.12. The summed E-state index contributed by atoms with van der Waals surface area (Å²) in [6.07, 6.45) is 2.43. The molecule has 0 aromatic heterocycles. The molecule has 5 heteroatoms. The van der Waals surface area contributed by atoms with Crippen molar-refractivity contribution in [1.82, 2.24) is 10.2 Å². The second-order valence-electron chi connectivity index (χ2n) is 4.57. The third-order valence-corrected chi connectivity index (χ3v) is 3.09. The van der Waals surface area contributed by atoms with E-state index in [4.69, 9.17) is 0 Å². The van der Waals surface area contributed by atoms with Gasteiger partial charge in [-0.25, -0.2) is 4.39 Å². The first-order valence-electron chi connectivity index (χ1n) is 5.30. The molecule has 2 rings (SSSR count). The van der Waals surface area contributed by atoms with Crippen LogP contribution in [-0.2, 0) is 4.79 Å². The molecule has 0 bridgehead atoms. The summed E-state index contributed by atoms with van der Waals surface area (Å²) >= 11 is 0. The third kappa shape index (κ3) is 2.82. The lowest BCUT2D eigenvalue weighted by Crippen LogP contribution is -2.43. The van der Waals surface area contributed by atoms with Crippen molar-refractivity contribution in [2.45, 2.75) is 37.9 Å². The first-order chi connectivity index (χ1) is 6.58. The third-order valence-electron chi connectivity index (χ3n) is 3.09. The number of nitrogens with zero attached hydrogens (tertiary/aromatic N) is 1. The van der Waals surface area contributed by atoms with Crippen molar-refractivity contribution >= 4 is 18.3 Å². The molecule has 0 aromatic rings. The number of carbonyl (C=O) groups excluding carboxylic acids is 1. The van der Waals surface area contributed by atoms with Crippen molar-refractivity contribution in [2.24, 2.45) is 0 Å². The van der Waals surface area contributed by atoms with Gasteiger partial charge in [0.05, 0.1) is 12.6 Å². The number of nitrogens with one attached hydrogen (secondary N) is 1. The van der Waals surface area contributed by atoms with Crippen LogP contribution in [0.3, 0.4) is 0 Å². The standard InChI is InChI=1S/C10H17FN2O.ClH/c1-10(11)4-6-13(7-10)9(14)8-3-2-5-12-8;/h8,12H,2-7H2,1H3;1H. The van der Waals surface area contributed by atoms with Crippen LogP contribution >= 0.6 is 12.4 Å². The number of alkyl halides is 1. The van der Waals surface area contributed by atoms with Gasteiger partial charge in [0.25, 0.3) is 0 Å². The van der Waals surface area contributed by atoms with Crippen molar-refractivity contribution in [2.75, 3.05) is 19.6 Å². The highest BCUT2D eigenvalue weighted by atomic mass is 35.5. The number of likely N-dealkylation sites (tertiary alicyclic amines) is 1. The van der Waals surface area contributed by atoms with E-state index < -0.39 is 5.67 Å². The zero-order chi connectivity index (χ0) is 10.2. The van der Waals surface area contributed by atoms with Gasteiger partial charge in [-0.2, -0.15) is 0 Å². The molecular formula is C10H18ClFN2O. The minimum atomic E-state index is -1.17. The van der Waals surface area contributed by atoms with Gasteiger partial charge >= 0.3 is 0 Å². The molecule has 2 fully saturated rings. The van der Waals surface area contributed by atoms with Crippen LogP contribution in [0.4, 0.5) is 4.39 Å². The highest BCUT2D eigenvalue weighted by Gasteiger charge is 2.38. The highest BCUT2D eigenvalue weighted by molar-refractivity contribution is 5.85. The summed E-state index contributed by atoms with van der Waals surface area (Å²) in [5, 5.41) is 3.15. The zero-order valence-corrected chi connectivity index (χ0v) is 9.78. The monoisotopic (exact) mass is 236 g/mol. The Labute approximate surface area is 95.8 Å². The van der Waals surface area contributed by atoms with Gasteiger partial charge < -0.3 is 10.2 Å². The topological polar surface area (TPSA) is 32.3 Å². The van der Waals surface area contributed by atoms with Gasteiger partial charge in [-0.15, -0.1) is 12.4 Å². The molecule has 2 aliphatic heterocycles. The molecule has 0 saturated carbocycles. The first-order valence-corrected chi connectivity index (χ1v) is 5.30. The quantitative estimate of drug-likeness (QED) is 0.740. The number of amides is 1. The van der Waals surface area contributed by atoms with Crippen LogP contribution in [0.15, 0.2) is 0 Å². The summed E-state index contributed by atoms with van der Waals surface area (Å²) in [6, 6.07) is -0.0519. The van der Waals surface area contributed by atoms with E-state index in [0.29, 0.717) is 13.0 Å². The molecule has 1 N–H and O–H groups in total. The fourth-order valence-corrected chi connectivity index (χ4v) is 2.23. The molecule has 2 unspecified atom stereocenters. The van der Waals surface area contributed by atoms with E-state index in [1.807, 2.05) is 0 Å². The van der Waals surface area contributed by atoms with E-state index in [1.165, 1.54) is 0 Å². The minimum Gasteiger partial charge on any atom is -0.338 e. The first kappa shape index (κ1) is 12.7. The number of hydrogen-bond donors (Lipinski definition) is 1. The Morgan fingerprint density at radius 2 is 2.33 bits per heavy atom. The number of hydrogen-bond acceptors (Lipinski definition) is 2. The van der Waals surface area contributed by atoms with Crippen molar-refractivity contribution in [1.29, 1.82) is 0 Å². The molecule has 88 valence electrons. The van der Waals surface area contributed by atoms with Crippen LogP contribution < -0.4 is 5.32 Å². The summed E-state index contributed by atoms with van der Waals surface area (Å²) < 4.78 is 13.5. The molecule has 3 nitrogen and oxygen atoms in total. The maximum Gasteiger partial charge on any atom is 0.239 e. The zero-order valence-electron chi connectivity index (χ0n) is 8.96. The molecule has 0 aliphatic carbocycles. The lowest BCUT2D eigenvalue weighted by molar-refractivity contribution is -0.132.